The van der Waals surface area contributed by atoms with Crippen molar-refractivity contribution in [1.82, 2.24) is 24.9 Å². The van der Waals surface area contributed by atoms with Crippen LogP contribution in [-0.4, -0.2) is 49.8 Å². The van der Waals surface area contributed by atoms with Gasteiger partial charge in [0, 0.05) is 24.0 Å². The monoisotopic (exact) mass is 352 g/mol. The number of nitrogens with zero attached hydrogens (tertiary/aromatic N) is 4. The molecule has 0 aliphatic carbocycles. The Labute approximate surface area is 150 Å². The van der Waals surface area contributed by atoms with Gasteiger partial charge in [0.15, 0.2) is 0 Å². The van der Waals surface area contributed by atoms with Crippen LogP contribution in [0.5, 0.6) is 0 Å². The standard InChI is InChI=1S/C18H20N6O2/c19-18(26)13-5-3-7-23(9-13)17(25)11-24-10-16(21-22-24)15-8-12-4-1-2-6-14(12)20-15/h1-2,4,6,8,10,13,20H,3,5,7,9,11H2,(H2,19,26). The van der Waals surface area contributed by atoms with Gasteiger partial charge < -0.3 is 15.6 Å². The highest BCUT2D eigenvalue weighted by atomic mass is 16.2. The molecule has 1 unspecified atom stereocenters. The molecule has 3 aromatic rings. The number of nitrogens with two attached hydrogens (primary N) is 1. The van der Waals surface area contributed by atoms with Crippen molar-refractivity contribution in [3.05, 3.63) is 36.5 Å². The number of nitrogens with one attached hydrogen (secondary N) is 1. The van der Waals surface area contributed by atoms with Crippen molar-refractivity contribution < 1.29 is 9.59 Å². The average molecular weight is 352 g/mol. The second-order valence-corrected chi connectivity index (χ2v) is 6.65. The molecule has 134 valence electrons. The Morgan fingerprint density at radius 3 is 2.96 bits per heavy atom. The molecular formula is C18H20N6O2. The first-order valence-electron chi connectivity index (χ1n) is 8.65. The molecule has 8 heteroatoms. The molecule has 2 amide bonds. The quantitative estimate of drug-likeness (QED) is 0.734. The van der Waals surface area contributed by atoms with Crippen LogP contribution >= 0.6 is 0 Å². The molecule has 0 bridgehead atoms. The Morgan fingerprint density at radius 2 is 2.15 bits per heavy atom. The van der Waals surface area contributed by atoms with E-state index in [1.165, 1.54) is 4.68 Å². The zero-order valence-corrected chi connectivity index (χ0v) is 14.3. The first-order valence-corrected chi connectivity index (χ1v) is 8.65. The molecule has 2 aromatic heterocycles. The molecule has 4 rings (SSSR count). The molecule has 0 radical (unpaired) electrons. The SMILES string of the molecule is NC(=O)C1CCCN(C(=O)Cn2cc(-c3cc4ccccc4[nH]3)nn2)C1. The summed E-state index contributed by atoms with van der Waals surface area (Å²) in [5.74, 6) is -0.682. The molecular weight excluding hydrogens is 332 g/mol. The van der Waals surface area contributed by atoms with E-state index in [1.54, 1.807) is 11.1 Å². The average Bonchev–Trinajstić information content (AvgIpc) is 3.28. The third-order valence-corrected chi connectivity index (χ3v) is 4.82. The molecule has 1 atom stereocenters. The van der Waals surface area contributed by atoms with Crippen molar-refractivity contribution in [3.63, 3.8) is 0 Å². The lowest BCUT2D eigenvalue weighted by atomic mass is 9.97. The molecule has 1 fully saturated rings. The van der Waals surface area contributed by atoms with E-state index in [9.17, 15) is 9.59 Å². The molecule has 0 saturated carbocycles. The van der Waals surface area contributed by atoms with Crippen LogP contribution in [0.3, 0.4) is 0 Å². The van der Waals surface area contributed by atoms with E-state index in [0.717, 1.165) is 29.4 Å². The van der Waals surface area contributed by atoms with Gasteiger partial charge in [-0.2, -0.15) is 0 Å². The summed E-state index contributed by atoms with van der Waals surface area (Å²) < 4.78 is 1.52. The number of amides is 2. The van der Waals surface area contributed by atoms with Gasteiger partial charge in [-0.25, -0.2) is 4.68 Å². The van der Waals surface area contributed by atoms with Gasteiger partial charge in [-0.3, -0.25) is 9.59 Å². The number of para-hydroxylation sites is 1. The molecule has 26 heavy (non-hydrogen) atoms. The van der Waals surface area contributed by atoms with Crippen LogP contribution in [0.4, 0.5) is 0 Å². The molecule has 8 nitrogen and oxygen atoms in total. The molecule has 1 aromatic carbocycles. The third-order valence-electron chi connectivity index (χ3n) is 4.82. The van der Waals surface area contributed by atoms with Gasteiger partial charge in [0.2, 0.25) is 11.8 Å². The highest BCUT2D eigenvalue weighted by Crippen LogP contribution is 2.22. The van der Waals surface area contributed by atoms with Gasteiger partial charge >= 0.3 is 0 Å². The predicted octanol–water partition coefficient (Wildman–Crippen LogP) is 1.15. The minimum absolute atomic E-state index is 0.0796. The van der Waals surface area contributed by atoms with Crippen molar-refractivity contribution in [3.8, 4) is 11.4 Å². The van der Waals surface area contributed by atoms with Gasteiger partial charge in [-0.15, -0.1) is 5.10 Å². The summed E-state index contributed by atoms with van der Waals surface area (Å²) in [5, 5.41) is 9.32. The van der Waals surface area contributed by atoms with Gasteiger partial charge in [-0.1, -0.05) is 23.4 Å². The van der Waals surface area contributed by atoms with Crippen LogP contribution in [0.25, 0.3) is 22.3 Å². The van der Waals surface area contributed by atoms with E-state index in [0.29, 0.717) is 18.8 Å². The number of primary amides is 1. The van der Waals surface area contributed by atoms with Crippen LogP contribution in [0.15, 0.2) is 36.5 Å². The highest BCUT2D eigenvalue weighted by Gasteiger charge is 2.27. The third kappa shape index (κ3) is 3.17. The van der Waals surface area contributed by atoms with Crippen LogP contribution in [0.1, 0.15) is 12.8 Å². The number of fused-ring (bicyclic) bond motifs is 1. The number of likely N-dealkylation sites (tertiary alicyclic amines) is 1. The van der Waals surface area contributed by atoms with Crippen molar-refractivity contribution in [1.29, 1.82) is 0 Å². The summed E-state index contributed by atoms with van der Waals surface area (Å²) in [6.45, 7) is 1.13. The van der Waals surface area contributed by atoms with E-state index < -0.39 is 0 Å². The molecule has 1 aliphatic heterocycles. The summed E-state index contributed by atoms with van der Waals surface area (Å²) in [5.41, 5.74) is 7.94. The van der Waals surface area contributed by atoms with E-state index >= 15 is 0 Å². The van der Waals surface area contributed by atoms with Gasteiger partial charge in [0.05, 0.1) is 17.8 Å². The lowest BCUT2D eigenvalue weighted by Crippen LogP contribution is -2.45. The number of carbonyl (C=O) groups excluding carboxylic acids is 2. The Hall–Kier alpha value is -3.16. The van der Waals surface area contributed by atoms with Crippen molar-refractivity contribution in [2.75, 3.05) is 13.1 Å². The van der Waals surface area contributed by atoms with Crippen LogP contribution in [-0.2, 0) is 16.1 Å². The first-order chi connectivity index (χ1) is 12.6. The number of benzene rings is 1. The Kier molecular flexibility index (Phi) is 4.16. The first kappa shape index (κ1) is 16.3. The summed E-state index contributed by atoms with van der Waals surface area (Å²) >= 11 is 0. The summed E-state index contributed by atoms with van der Waals surface area (Å²) in [7, 11) is 0. The van der Waals surface area contributed by atoms with Gasteiger partial charge in [0.1, 0.15) is 12.2 Å². The molecule has 1 saturated heterocycles. The number of hydrogen-bond donors (Lipinski definition) is 2. The Balaban J connectivity index is 1.46. The van der Waals surface area contributed by atoms with Crippen molar-refractivity contribution >= 4 is 22.7 Å². The van der Waals surface area contributed by atoms with Crippen LogP contribution in [0.2, 0.25) is 0 Å². The van der Waals surface area contributed by atoms with Gasteiger partial charge in [-0.05, 0) is 25.0 Å². The fraction of sp³-hybridized carbons (Fsp3) is 0.333. The highest BCUT2D eigenvalue weighted by molar-refractivity contribution is 5.85. The fourth-order valence-electron chi connectivity index (χ4n) is 3.38. The smallest absolute Gasteiger partial charge is 0.244 e. The number of rotatable bonds is 4. The van der Waals surface area contributed by atoms with Crippen LogP contribution < -0.4 is 5.73 Å². The lowest BCUT2D eigenvalue weighted by Gasteiger charge is -2.31. The Morgan fingerprint density at radius 1 is 1.31 bits per heavy atom. The van der Waals surface area contributed by atoms with Crippen molar-refractivity contribution in [2.24, 2.45) is 11.7 Å². The minimum Gasteiger partial charge on any atom is -0.369 e. The Bertz CT molecular complexity index is 926. The maximum Gasteiger partial charge on any atom is 0.244 e. The maximum absolute atomic E-state index is 12.5. The summed E-state index contributed by atoms with van der Waals surface area (Å²) in [6, 6.07) is 9.98. The lowest BCUT2D eigenvalue weighted by molar-refractivity contribution is -0.135. The number of hydrogen-bond acceptors (Lipinski definition) is 4. The number of aromatic nitrogens is 4. The van der Waals surface area contributed by atoms with Gasteiger partial charge in [0.25, 0.3) is 0 Å². The minimum atomic E-state index is -0.343. The number of carbonyl (C=O) groups is 2. The van der Waals surface area contributed by atoms with E-state index in [1.807, 2.05) is 30.3 Å². The molecule has 1 aliphatic rings. The normalized spacial score (nSPS) is 17.5. The number of H-pyrrole nitrogens is 1. The van der Waals surface area contributed by atoms with Crippen molar-refractivity contribution in [2.45, 2.75) is 19.4 Å². The summed E-state index contributed by atoms with van der Waals surface area (Å²) in [4.78, 5) is 28.8. The topological polar surface area (TPSA) is 110 Å². The second-order valence-electron chi connectivity index (χ2n) is 6.65. The molecule has 3 N–H and O–H groups in total. The van der Waals surface area contributed by atoms with E-state index in [4.69, 9.17) is 5.73 Å². The predicted molar refractivity (Wildman–Crippen MR) is 95.8 cm³/mol. The van der Waals surface area contributed by atoms with E-state index in [2.05, 4.69) is 15.3 Å². The fourth-order valence-corrected chi connectivity index (χ4v) is 3.38. The van der Waals surface area contributed by atoms with E-state index in [-0.39, 0.29) is 24.3 Å². The number of aromatic amines is 1. The zero-order chi connectivity index (χ0) is 18.1. The largest absolute Gasteiger partial charge is 0.369 e. The van der Waals surface area contributed by atoms with Crippen LogP contribution in [0, 0.1) is 5.92 Å². The summed E-state index contributed by atoms with van der Waals surface area (Å²) in [6.07, 6.45) is 3.28. The second kappa shape index (κ2) is 6.62. The maximum atomic E-state index is 12.5. The molecule has 3 heterocycles. The zero-order valence-electron chi connectivity index (χ0n) is 14.3. The molecule has 0 spiro atoms. The number of piperidine rings is 1.